The molecule has 18 heavy (non-hydrogen) atoms. The van der Waals surface area contributed by atoms with Gasteiger partial charge >= 0.3 is 11.9 Å². The van der Waals surface area contributed by atoms with Crippen LogP contribution >= 0.6 is 0 Å². The molecular formula is C12H22N2O4. The zero-order valence-corrected chi connectivity index (χ0v) is 10.9. The van der Waals surface area contributed by atoms with Gasteiger partial charge in [-0.2, -0.15) is 0 Å². The number of nitrogens with one attached hydrogen (secondary N) is 1. The van der Waals surface area contributed by atoms with E-state index in [4.69, 9.17) is 10.2 Å². The van der Waals surface area contributed by atoms with Crippen molar-refractivity contribution in [2.45, 2.75) is 26.3 Å². The van der Waals surface area contributed by atoms with Gasteiger partial charge in [-0.15, -0.1) is 0 Å². The average Bonchev–Trinajstić information content (AvgIpc) is 2.37. The Morgan fingerprint density at radius 3 is 2.00 bits per heavy atom. The maximum Gasteiger partial charge on any atom is 0.328 e. The Balaban J connectivity index is 0.000000331. The maximum absolute atomic E-state index is 9.55. The molecule has 0 saturated carbocycles. The first-order chi connectivity index (χ1) is 8.47. The van der Waals surface area contributed by atoms with Crippen LogP contribution < -0.4 is 5.32 Å². The number of carboxylic acid groups (broad SMARTS) is 2. The fourth-order valence-corrected chi connectivity index (χ4v) is 1.52. The lowest BCUT2D eigenvalue weighted by Gasteiger charge is -2.32. The second-order valence-corrected chi connectivity index (χ2v) is 4.05. The summed E-state index contributed by atoms with van der Waals surface area (Å²) in [5.74, 6) is -2.51. The molecule has 1 saturated heterocycles. The minimum Gasteiger partial charge on any atom is -0.478 e. The Kier molecular flexibility index (Phi) is 8.86. The summed E-state index contributed by atoms with van der Waals surface area (Å²) in [6.45, 7) is 9.37. The Labute approximate surface area is 107 Å². The average molecular weight is 258 g/mol. The molecule has 3 N–H and O–H groups in total. The van der Waals surface area contributed by atoms with Crippen LogP contribution in [0.15, 0.2) is 12.2 Å². The number of hydrogen-bond acceptors (Lipinski definition) is 4. The SMILES string of the molecule is CCC(C)N1CCNCC1.O=C(O)/C=C/C(=O)O. The first kappa shape index (κ1) is 16.6. The van der Waals surface area contributed by atoms with E-state index in [0.29, 0.717) is 12.2 Å². The fourth-order valence-electron chi connectivity index (χ4n) is 1.52. The molecule has 6 heteroatoms. The molecule has 0 amide bonds. The highest BCUT2D eigenvalue weighted by atomic mass is 16.4. The normalized spacial score (nSPS) is 17.9. The number of carboxylic acids is 2. The largest absolute Gasteiger partial charge is 0.478 e. The van der Waals surface area contributed by atoms with Gasteiger partial charge in [0.15, 0.2) is 0 Å². The summed E-state index contributed by atoms with van der Waals surface area (Å²) < 4.78 is 0. The van der Waals surface area contributed by atoms with Crippen molar-refractivity contribution in [2.75, 3.05) is 26.2 Å². The van der Waals surface area contributed by atoms with Gasteiger partial charge < -0.3 is 15.5 Å². The number of carbonyl (C=O) groups is 2. The van der Waals surface area contributed by atoms with Crippen molar-refractivity contribution in [1.82, 2.24) is 10.2 Å². The fraction of sp³-hybridized carbons (Fsp3) is 0.667. The second kappa shape index (κ2) is 9.61. The topological polar surface area (TPSA) is 89.9 Å². The monoisotopic (exact) mass is 258 g/mol. The van der Waals surface area contributed by atoms with E-state index in [1.165, 1.54) is 32.6 Å². The number of piperazine rings is 1. The highest BCUT2D eigenvalue weighted by Gasteiger charge is 2.13. The first-order valence-corrected chi connectivity index (χ1v) is 6.06. The predicted molar refractivity (Wildman–Crippen MR) is 68.6 cm³/mol. The van der Waals surface area contributed by atoms with Gasteiger partial charge in [-0.25, -0.2) is 9.59 Å². The van der Waals surface area contributed by atoms with Gasteiger partial charge in [0.25, 0.3) is 0 Å². The van der Waals surface area contributed by atoms with Crippen LogP contribution in [0.25, 0.3) is 0 Å². The molecule has 1 rings (SSSR count). The van der Waals surface area contributed by atoms with Gasteiger partial charge in [0.2, 0.25) is 0 Å². The number of nitrogens with zero attached hydrogens (tertiary/aromatic N) is 1. The molecule has 0 radical (unpaired) electrons. The Morgan fingerprint density at radius 1 is 1.22 bits per heavy atom. The van der Waals surface area contributed by atoms with E-state index in [9.17, 15) is 9.59 Å². The molecule has 1 unspecified atom stereocenters. The van der Waals surface area contributed by atoms with Crippen LogP contribution in [0.2, 0.25) is 0 Å². The maximum atomic E-state index is 9.55. The van der Waals surface area contributed by atoms with Crippen LogP contribution in [0.5, 0.6) is 0 Å². The number of rotatable bonds is 4. The summed E-state index contributed by atoms with van der Waals surface area (Å²) in [5, 5.41) is 19.0. The van der Waals surface area contributed by atoms with Crippen LogP contribution in [0.4, 0.5) is 0 Å². The Bertz CT molecular complexity index is 270. The van der Waals surface area contributed by atoms with Crippen molar-refractivity contribution in [3.63, 3.8) is 0 Å². The molecule has 1 atom stereocenters. The molecule has 1 aliphatic rings. The molecule has 1 heterocycles. The van der Waals surface area contributed by atoms with E-state index < -0.39 is 11.9 Å². The molecule has 0 aliphatic carbocycles. The summed E-state index contributed by atoms with van der Waals surface area (Å²) >= 11 is 0. The van der Waals surface area contributed by atoms with E-state index in [1.807, 2.05) is 0 Å². The molecule has 6 nitrogen and oxygen atoms in total. The van der Waals surface area contributed by atoms with Crippen molar-refractivity contribution >= 4 is 11.9 Å². The molecule has 0 aromatic heterocycles. The van der Waals surface area contributed by atoms with E-state index >= 15 is 0 Å². The molecule has 0 aromatic carbocycles. The summed E-state index contributed by atoms with van der Waals surface area (Å²) in [4.78, 5) is 21.7. The van der Waals surface area contributed by atoms with Gasteiger partial charge in [0.1, 0.15) is 0 Å². The molecule has 1 aliphatic heterocycles. The highest BCUT2D eigenvalue weighted by Crippen LogP contribution is 2.03. The van der Waals surface area contributed by atoms with E-state index in [-0.39, 0.29) is 0 Å². The second-order valence-electron chi connectivity index (χ2n) is 4.05. The van der Waals surface area contributed by atoms with Crippen LogP contribution in [-0.4, -0.2) is 59.3 Å². The van der Waals surface area contributed by atoms with E-state index in [2.05, 4.69) is 24.1 Å². The van der Waals surface area contributed by atoms with Crippen molar-refractivity contribution in [2.24, 2.45) is 0 Å². The van der Waals surface area contributed by atoms with Gasteiger partial charge in [-0.3, -0.25) is 4.90 Å². The highest BCUT2D eigenvalue weighted by molar-refractivity contribution is 5.89. The summed E-state index contributed by atoms with van der Waals surface area (Å²) in [6.07, 6.45) is 2.39. The van der Waals surface area contributed by atoms with Crippen LogP contribution in [0.3, 0.4) is 0 Å². The standard InChI is InChI=1S/C8H18N2.C4H4O4/c1-3-8(2)10-6-4-9-5-7-10;5-3(6)1-2-4(7)8/h8-9H,3-7H2,1-2H3;1-2H,(H,5,6)(H,7,8)/b;2-1+. The molecular weight excluding hydrogens is 236 g/mol. The van der Waals surface area contributed by atoms with E-state index in [0.717, 1.165) is 6.04 Å². The molecule has 0 bridgehead atoms. The summed E-state index contributed by atoms with van der Waals surface area (Å²) in [5.41, 5.74) is 0. The predicted octanol–water partition coefficient (Wildman–Crippen LogP) is 0.402. The smallest absolute Gasteiger partial charge is 0.328 e. The van der Waals surface area contributed by atoms with Crippen molar-refractivity contribution in [3.8, 4) is 0 Å². The van der Waals surface area contributed by atoms with Crippen molar-refractivity contribution in [3.05, 3.63) is 12.2 Å². The number of aliphatic carboxylic acids is 2. The Morgan fingerprint density at radius 2 is 1.67 bits per heavy atom. The van der Waals surface area contributed by atoms with Gasteiger partial charge in [-0.1, -0.05) is 6.92 Å². The van der Waals surface area contributed by atoms with E-state index in [1.54, 1.807) is 0 Å². The molecule has 0 spiro atoms. The number of hydrogen-bond donors (Lipinski definition) is 3. The lowest BCUT2D eigenvalue weighted by atomic mass is 10.2. The van der Waals surface area contributed by atoms with Crippen molar-refractivity contribution < 1.29 is 19.8 Å². The summed E-state index contributed by atoms with van der Waals surface area (Å²) in [7, 11) is 0. The minimum atomic E-state index is -1.26. The zero-order valence-electron chi connectivity index (χ0n) is 10.9. The van der Waals surface area contributed by atoms with Gasteiger partial charge in [-0.05, 0) is 13.3 Å². The van der Waals surface area contributed by atoms with Gasteiger partial charge in [0.05, 0.1) is 0 Å². The van der Waals surface area contributed by atoms with Crippen LogP contribution in [-0.2, 0) is 9.59 Å². The van der Waals surface area contributed by atoms with Crippen LogP contribution in [0, 0.1) is 0 Å². The third-order valence-electron chi connectivity index (χ3n) is 2.73. The first-order valence-electron chi connectivity index (χ1n) is 6.06. The molecule has 1 fully saturated rings. The zero-order chi connectivity index (χ0) is 14.0. The third kappa shape index (κ3) is 8.72. The third-order valence-corrected chi connectivity index (χ3v) is 2.73. The Hall–Kier alpha value is -1.40. The van der Waals surface area contributed by atoms with Crippen LogP contribution in [0.1, 0.15) is 20.3 Å². The van der Waals surface area contributed by atoms with Gasteiger partial charge in [0, 0.05) is 44.4 Å². The quantitative estimate of drug-likeness (QED) is 0.632. The van der Waals surface area contributed by atoms with Crippen molar-refractivity contribution in [1.29, 1.82) is 0 Å². The lowest BCUT2D eigenvalue weighted by Crippen LogP contribution is -2.47. The summed E-state index contributed by atoms with van der Waals surface area (Å²) in [6, 6.07) is 0.780. The minimum absolute atomic E-state index is 0.558. The molecule has 104 valence electrons. The lowest BCUT2D eigenvalue weighted by molar-refractivity contribution is -0.134. The molecule has 0 aromatic rings.